The number of ether oxygens (including phenoxy) is 1. The van der Waals surface area contributed by atoms with Crippen molar-refractivity contribution < 1.29 is 17.9 Å². The minimum Gasteiger partial charge on any atom is -0.489 e. The third-order valence-electron chi connectivity index (χ3n) is 3.54. The van der Waals surface area contributed by atoms with Crippen molar-refractivity contribution in [3.05, 3.63) is 42.5 Å². The number of benzene rings is 1. The number of para-hydroxylation sites is 1. The summed E-state index contributed by atoms with van der Waals surface area (Å²) in [5.41, 5.74) is 0.946. The lowest BCUT2D eigenvalue weighted by atomic mass is 10.2. The second kappa shape index (κ2) is 12.2. The molecule has 0 fully saturated rings. The molecule has 0 saturated carbocycles. The number of rotatable bonds is 11. The van der Waals surface area contributed by atoms with Crippen LogP contribution in [0.1, 0.15) is 18.9 Å². The topological polar surface area (TPSA) is 48.9 Å². The molecule has 0 radical (unpaired) electrons. The fraction of sp³-hybridized carbons (Fsp3) is 0.526. The van der Waals surface area contributed by atoms with Crippen molar-refractivity contribution in [2.75, 3.05) is 39.8 Å². The van der Waals surface area contributed by atoms with Gasteiger partial charge in [0.25, 0.3) is 0 Å². The average Bonchev–Trinajstić information content (AvgIpc) is 2.60. The van der Waals surface area contributed by atoms with Gasteiger partial charge in [0.05, 0.1) is 13.1 Å². The summed E-state index contributed by atoms with van der Waals surface area (Å²) in [6.45, 7) is 7.11. The van der Waals surface area contributed by atoms with Crippen molar-refractivity contribution in [3.63, 3.8) is 0 Å². The largest absolute Gasteiger partial charge is 0.489 e. The van der Waals surface area contributed by atoms with Crippen molar-refractivity contribution >= 4 is 5.96 Å². The van der Waals surface area contributed by atoms with E-state index in [9.17, 15) is 13.2 Å². The maximum atomic E-state index is 12.3. The van der Waals surface area contributed by atoms with Crippen molar-refractivity contribution in [2.45, 2.75) is 26.1 Å². The summed E-state index contributed by atoms with van der Waals surface area (Å²) < 4.78 is 42.6. The summed E-state index contributed by atoms with van der Waals surface area (Å²) in [4.78, 5) is 5.79. The molecule has 1 rings (SSSR count). The van der Waals surface area contributed by atoms with Gasteiger partial charge < -0.3 is 15.4 Å². The average molecular weight is 386 g/mol. The van der Waals surface area contributed by atoms with Crippen LogP contribution in [0.5, 0.6) is 5.75 Å². The smallest absolute Gasteiger partial charge is 0.401 e. The zero-order valence-electron chi connectivity index (χ0n) is 16.0. The van der Waals surface area contributed by atoms with E-state index < -0.39 is 12.7 Å². The van der Waals surface area contributed by atoms with E-state index in [1.54, 1.807) is 6.08 Å². The van der Waals surface area contributed by atoms with Crippen LogP contribution >= 0.6 is 0 Å². The number of alkyl halides is 3. The van der Waals surface area contributed by atoms with E-state index in [-0.39, 0.29) is 0 Å². The zero-order chi connectivity index (χ0) is 20.1. The van der Waals surface area contributed by atoms with Gasteiger partial charge in [0.1, 0.15) is 12.4 Å². The Bertz CT molecular complexity index is 591. The molecule has 0 aromatic heterocycles. The lowest BCUT2D eigenvalue weighted by molar-refractivity contribution is -0.143. The summed E-state index contributed by atoms with van der Waals surface area (Å²) in [6, 6.07) is 7.64. The van der Waals surface area contributed by atoms with Crippen LogP contribution in [0.2, 0.25) is 0 Å². The van der Waals surface area contributed by atoms with Crippen LogP contribution in [-0.2, 0) is 6.54 Å². The summed E-state index contributed by atoms with van der Waals surface area (Å²) in [5, 5.41) is 6.28. The van der Waals surface area contributed by atoms with Crippen LogP contribution in [0.4, 0.5) is 13.2 Å². The molecule has 0 spiro atoms. The van der Waals surface area contributed by atoms with E-state index in [0.717, 1.165) is 11.3 Å². The Morgan fingerprint density at radius 1 is 1.30 bits per heavy atom. The first-order valence-corrected chi connectivity index (χ1v) is 8.94. The number of hydrogen-bond donors (Lipinski definition) is 2. The molecule has 1 aromatic rings. The molecule has 152 valence electrons. The predicted octanol–water partition coefficient (Wildman–Crippen LogP) is 3.19. The Balaban J connectivity index is 2.52. The van der Waals surface area contributed by atoms with Crippen LogP contribution in [0, 0.1) is 0 Å². The molecule has 0 heterocycles. The number of guanidine groups is 1. The maximum absolute atomic E-state index is 12.3. The molecule has 0 atom stereocenters. The lowest BCUT2D eigenvalue weighted by Gasteiger charge is -2.19. The Labute approximate surface area is 159 Å². The van der Waals surface area contributed by atoms with Crippen LogP contribution in [0.15, 0.2) is 41.9 Å². The summed E-state index contributed by atoms with van der Waals surface area (Å²) in [7, 11) is 1.47. The van der Waals surface area contributed by atoms with Gasteiger partial charge in [-0.1, -0.05) is 30.9 Å². The second-order valence-corrected chi connectivity index (χ2v) is 6.04. The molecule has 2 N–H and O–H groups in total. The Kier molecular flexibility index (Phi) is 10.3. The standard InChI is InChI=1S/C19H29F3N4O/c1-4-13-27-17-10-7-6-9-16(17)14-25-18(23-5-2)24-11-8-12-26(3)15-19(20,21)22/h4,6-7,9-10H,1,5,8,11-15H2,2-3H3,(H2,23,24,25). The van der Waals surface area contributed by atoms with Gasteiger partial charge in [-0.3, -0.25) is 4.90 Å². The molecule has 0 saturated heterocycles. The number of aliphatic imine (C=N–C) groups is 1. The minimum atomic E-state index is -4.17. The van der Waals surface area contributed by atoms with Gasteiger partial charge in [-0.15, -0.1) is 0 Å². The highest BCUT2D eigenvalue weighted by molar-refractivity contribution is 5.79. The molecule has 8 heteroatoms. The maximum Gasteiger partial charge on any atom is 0.401 e. The highest BCUT2D eigenvalue weighted by Crippen LogP contribution is 2.19. The minimum absolute atomic E-state index is 0.351. The quantitative estimate of drug-likeness (QED) is 0.265. The van der Waals surface area contributed by atoms with Crippen LogP contribution < -0.4 is 15.4 Å². The fourth-order valence-electron chi connectivity index (χ4n) is 2.37. The highest BCUT2D eigenvalue weighted by atomic mass is 19.4. The van der Waals surface area contributed by atoms with Gasteiger partial charge in [0, 0.05) is 18.7 Å². The van der Waals surface area contributed by atoms with Gasteiger partial charge in [-0.2, -0.15) is 13.2 Å². The van der Waals surface area contributed by atoms with Crippen LogP contribution in [0.3, 0.4) is 0 Å². The van der Waals surface area contributed by atoms with Gasteiger partial charge in [-0.05, 0) is 33.0 Å². The first kappa shape index (κ1) is 22.8. The molecule has 1 aromatic carbocycles. The van der Waals surface area contributed by atoms with E-state index in [1.165, 1.54) is 11.9 Å². The fourth-order valence-corrected chi connectivity index (χ4v) is 2.37. The Morgan fingerprint density at radius 3 is 2.70 bits per heavy atom. The van der Waals surface area contributed by atoms with E-state index in [1.807, 2.05) is 31.2 Å². The van der Waals surface area contributed by atoms with Crippen molar-refractivity contribution in [1.29, 1.82) is 0 Å². The van der Waals surface area contributed by atoms with Crippen LogP contribution in [-0.4, -0.2) is 56.9 Å². The van der Waals surface area contributed by atoms with Gasteiger partial charge in [-0.25, -0.2) is 4.99 Å². The molecule has 0 aliphatic carbocycles. The summed E-state index contributed by atoms with van der Waals surface area (Å²) in [5.74, 6) is 1.38. The van der Waals surface area contributed by atoms with E-state index >= 15 is 0 Å². The molecule has 0 bridgehead atoms. The summed E-state index contributed by atoms with van der Waals surface area (Å²) >= 11 is 0. The van der Waals surface area contributed by atoms with Crippen LogP contribution in [0.25, 0.3) is 0 Å². The summed E-state index contributed by atoms with van der Waals surface area (Å²) in [6.07, 6.45) is -1.91. The first-order valence-electron chi connectivity index (χ1n) is 8.94. The van der Waals surface area contributed by atoms with E-state index in [0.29, 0.717) is 45.2 Å². The molecule has 27 heavy (non-hydrogen) atoms. The number of halogens is 3. The normalized spacial score (nSPS) is 12.1. The van der Waals surface area contributed by atoms with E-state index in [4.69, 9.17) is 4.74 Å². The molecular weight excluding hydrogens is 357 g/mol. The molecule has 0 aliphatic rings. The van der Waals surface area contributed by atoms with Crippen molar-refractivity contribution in [1.82, 2.24) is 15.5 Å². The van der Waals surface area contributed by atoms with E-state index in [2.05, 4.69) is 22.2 Å². The van der Waals surface area contributed by atoms with Gasteiger partial charge in [0.15, 0.2) is 5.96 Å². The zero-order valence-corrected chi connectivity index (χ0v) is 16.0. The number of hydrogen-bond acceptors (Lipinski definition) is 3. The SMILES string of the molecule is C=CCOc1ccccc1CN=C(NCC)NCCCN(C)CC(F)(F)F. The van der Waals surface area contributed by atoms with Crippen molar-refractivity contribution in [3.8, 4) is 5.75 Å². The Morgan fingerprint density at radius 2 is 2.04 bits per heavy atom. The number of nitrogens with zero attached hydrogens (tertiary/aromatic N) is 2. The highest BCUT2D eigenvalue weighted by Gasteiger charge is 2.28. The molecule has 0 aliphatic heterocycles. The van der Waals surface area contributed by atoms with Gasteiger partial charge >= 0.3 is 6.18 Å². The molecule has 0 unspecified atom stereocenters. The lowest BCUT2D eigenvalue weighted by Crippen LogP contribution is -2.39. The van der Waals surface area contributed by atoms with Crippen molar-refractivity contribution in [2.24, 2.45) is 4.99 Å². The molecule has 5 nitrogen and oxygen atoms in total. The third-order valence-corrected chi connectivity index (χ3v) is 3.54. The number of nitrogens with one attached hydrogen (secondary N) is 2. The monoisotopic (exact) mass is 386 g/mol. The van der Waals surface area contributed by atoms with Gasteiger partial charge in [0.2, 0.25) is 0 Å². The molecule has 0 amide bonds. The Hall–Kier alpha value is -2.22. The second-order valence-electron chi connectivity index (χ2n) is 6.04. The molecular formula is C19H29F3N4O. The third kappa shape index (κ3) is 10.5. The first-order chi connectivity index (χ1) is 12.9. The predicted molar refractivity (Wildman–Crippen MR) is 103 cm³/mol.